The molecular formula is C21H19N3O4. The summed E-state index contributed by atoms with van der Waals surface area (Å²) < 4.78 is 12.4. The number of nitrogens with zero attached hydrogens (tertiary/aromatic N) is 2. The van der Waals surface area contributed by atoms with Crippen molar-refractivity contribution in [2.75, 3.05) is 6.79 Å². The lowest BCUT2D eigenvalue weighted by Crippen LogP contribution is -2.28. The molecule has 3 aromatic rings. The molecule has 0 spiro atoms. The standard InChI is InChI=1S/C21H19N3O4/c25-20(22-11-13-4-7-17-18(9-13)28-12-27-17)14-5-6-15-16(10-14)23-19-3-1-2-8-24(19)21(15)26/h4-7,9-10H,1-3,8,11-12H2,(H,22,25). The first-order chi connectivity index (χ1) is 13.7. The Bertz CT molecular complexity index is 1150. The first-order valence-corrected chi connectivity index (χ1v) is 9.39. The van der Waals surface area contributed by atoms with Crippen LogP contribution in [0.15, 0.2) is 41.2 Å². The molecule has 7 heteroatoms. The molecule has 3 heterocycles. The zero-order valence-corrected chi connectivity index (χ0v) is 15.2. The van der Waals surface area contributed by atoms with Gasteiger partial charge in [-0.25, -0.2) is 4.98 Å². The Kier molecular flexibility index (Phi) is 4.00. The molecule has 7 nitrogen and oxygen atoms in total. The van der Waals surface area contributed by atoms with E-state index in [0.29, 0.717) is 34.5 Å². The van der Waals surface area contributed by atoms with Gasteiger partial charge in [0.1, 0.15) is 5.82 Å². The fraction of sp³-hybridized carbons (Fsp3) is 0.286. The Morgan fingerprint density at radius 3 is 2.93 bits per heavy atom. The molecule has 1 N–H and O–H groups in total. The van der Waals surface area contributed by atoms with E-state index < -0.39 is 0 Å². The number of amides is 1. The summed E-state index contributed by atoms with van der Waals surface area (Å²) in [6, 6.07) is 10.7. The second-order valence-corrected chi connectivity index (χ2v) is 7.04. The molecule has 5 rings (SSSR count). The van der Waals surface area contributed by atoms with Crippen LogP contribution >= 0.6 is 0 Å². The summed E-state index contributed by atoms with van der Waals surface area (Å²) in [5.74, 6) is 2.00. The van der Waals surface area contributed by atoms with Crippen molar-refractivity contribution < 1.29 is 14.3 Å². The molecular weight excluding hydrogens is 358 g/mol. The largest absolute Gasteiger partial charge is 0.454 e. The highest BCUT2D eigenvalue weighted by molar-refractivity contribution is 5.97. The summed E-state index contributed by atoms with van der Waals surface area (Å²) in [5, 5.41) is 3.46. The van der Waals surface area contributed by atoms with Crippen LogP contribution in [0.4, 0.5) is 0 Å². The molecule has 1 aromatic heterocycles. The molecule has 2 aliphatic rings. The summed E-state index contributed by atoms with van der Waals surface area (Å²) in [7, 11) is 0. The van der Waals surface area contributed by atoms with Crippen LogP contribution in [0, 0.1) is 0 Å². The van der Waals surface area contributed by atoms with Crippen LogP contribution in [-0.2, 0) is 19.5 Å². The molecule has 0 unspecified atom stereocenters. The Morgan fingerprint density at radius 1 is 1.11 bits per heavy atom. The highest BCUT2D eigenvalue weighted by Gasteiger charge is 2.17. The lowest BCUT2D eigenvalue weighted by atomic mass is 10.1. The normalized spacial score (nSPS) is 14.7. The number of fused-ring (bicyclic) bond motifs is 3. The van der Waals surface area contributed by atoms with E-state index in [9.17, 15) is 9.59 Å². The molecule has 0 saturated heterocycles. The predicted octanol–water partition coefficient (Wildman–Crippen LogP) is 2.39. The minimum Gasteiger partial charge on any atom is -0.454 e. The fourth-order valence-electron chi connectivity index (χ4n) is 3.72. The van der Waals surface area contributed by atoms with Crippen LogP contribution in [-0.4, -0.2) is 22.3 Å². The third-order valence-electron chi connectivity index (χ3n) is 5.22. The molecule has 2 aliphatic heterocycles. The van der Waals surface area contributed by atoms with Crippen molar-refractivity contribution in [3.8, 4) is 11.5 Å². The van der Waals surface area contributed by atoms with Gasteiger partial charge in [0.05, 0.1) is 10.9 Å². The quantitative estimate of drug-likeness (QED) is 0.758. The fourth-order valence-corrected chi connectivity index (χ4v) is 3.72. The highest BCUT2D eigenvalue weighted by Crippen LogP contribution is 2.32. The third kappa shape index (κ3) is 2.89. The van der Waals surface area contributed by atoms with Crippen molar-refractivity contribution in [2.45, 2.75) is 32.4 Å². The van der Waals surface area contributed by atoms with Gasteiger partial charge in [-0.2, -0.15) is 0 Å². The van der Waals surface area contributed by atoms with Gasteiger partial charge in [0, 0.05) is 25.1 Å². The maximum absolute atomic E-state index is 12.7. The van der Waals surface area contributed by atoms with Gasteiger partial charge in [0.15, 0.2) is 11.5 Å². The molecule has 2 aromatic carbocycles. The molecule has 0 atom stereocenters. The van der Waals surface area contributed by atoms with Gasteiger partial charge in [-0.15, -0.1) is 0 Å². The van der Waals surface area contributed by atoms with E-state index in [1.54, 1.807) is 22.8 Å². The maximum atomic E-state index is 12.7. The maximum Gasteiger partial charge on any atom is 0.261 e. The van der Waals surface area contributed by atoms with Crippen molar-refractivity contribution in [1.82, 2.24) is 14.9 Å². The number of nitrogens with one attached hydrogen (secondary N) is 1. The zero-order valence-electron chi connectivity index (χ0n) is 15.2. The number of carbonyl (C=O) groups excluding carboxylic acids is 1. The van der Waals surface area contributed by atoms with E-state index in [-0.39, 0.29) is 18.3 Å². The summed E-state index contributed by atoms with van der Waals surface area (Å²) in [6.45, 7) is 1.31. The number of aryl methyl sites for hydroxylation is 1. The van der Waals surface area contributed by atoms with Crippen molar-refractivity contribution in [3.05, 3.63) is 63.7 Å². The van der Waals surface area contributed by atoms with E-state index in [1.165, 1.54) is 0 Å². The van der Waals surface area contributed by atoms with E-state index in [1.807, 2.05) is 18.2 Å². The highest BCUT2D eigenvalue weighted by atomic mass is 16.7. The van der Waals surface area contributed by atoms with Crippen molar-refractivity contribution in [1.29, 1.82) is 0 Å². The smallest absolute Gasteiger partial charge is 0.261 e. The Balaban J connectivity index is 1.38. The average Bonchev–Trinajstić information content (AvgIpc) is 3.20. The van der Waals surface area contributed by atoms with Crippen LogP contribution in [0.25, 0.3) is 10.9 Å². The number of aromatic nitrogens is 2. The number of carbonyl (C=O) groups is 1. The van der Waals surface area contributed by atoms with E-state index in [0.717, 1.165) is 37.2 Å². The van der Waals surface area contributed by atoms with Gasteiger partial charge in [-0.05, 0) is 48.7 Å². The van der Waals surface area contributed by atoms with E-state index >= 15 is 0 Å². The number of hydrogen-bond donors (Lipinski definition) is 1. The van der Waals surface area contributed by atoms with Gasteiger partial charge in [-0.3, -0.25) is 14.2 Å². The Hall–Kier alpha value is -3.35. The van der Waals surface area contributed by atoms with E-state index in [4.69, 9.17) is 9.47 Å². The van der Waals surface area contributed by atoms with Gasteiger partial charge < -0.3 is 14.8 Å². The summed E-state index contributed by atoms with van der Waals surface area (Å²) >= 11 is 0. The van der Waals surface area contributed by atoms with Crippen LogP contribution in [0.5, 0.6) is 11.5 Å². The zero-order chi connectivity index (χ0) is 19.1. The lowest BCUT2D eigenvalue weighted by molar-refractivity contribution is 0.0951. The van der Waals surface area contributed by atoms with Crippen LogP contribution in [0.3, 0.4) is 0 Å². The van der Waals surface area contributed by atoms with Gasteiger partial charge >= 0.3 is 0 Å². The first kappa shape index (κ1) is 16.8. The molecule has 0 bridgehead atoms. The van der Waals surface area contributed by atoms with Gasteiger partial charge in [0.25, 0.3) is 11.5 Å². The van der Waals surface area contributed by atoms with E-state index in [2.05, 4.69) is 10.3 Å². The topological polar surface area (TPSA) is 82.5 Å². The molecule has 28 heavy (non-hydrogen) atoms. The van der Waals surface area contributed by atoms with Crippen LogP contribution in [0.1, 0.15) is 34.6 Å². The molecule has 0 radical (unpaired) electrons. The molecule has 0 fully saturated rings. The minimum absolute atomic E-state index is 0.0213. The number of rotatable bonds is 3. The molecule has 0 saturated carbocycles. The van der Waals surface area contributed by atoms with Gasteiger partial charge in [-0.1, -0.05) is 6.07 Å². The first-order valence-electron chi connectivity index (χ1n) is 9.39. The molecule has 0 aliphatic carbocycles. The Labute approximate surface area is 160 Å². The predicted molar refractivity (Wildman–Crippen MR) is 103 cm³/mol. The average molecular weight is 377 g/mol. The SMILES string of the molecule is O=C(NCc1ccc2c(c1)OCO2)c1ccc2c(=O)n3c(nc2c1)CCCC3. The van der Waals surface area contributed by atoms with Crippen molar-refractivity contribution in [3.63, 3.8) is 0 Å². The number of ether oxygens (including phenoxy) is 2. The van der Waals surface area contributed by atoms with Crippen molar-refractivity contribution in [2.24, 2.45) is 0 Å². The second-order valence-electron chi connectivity index (χ2n) is 7.04. The summed E-state index contributed by atoms with van der Waals surface area (Å²) in [5.41, 5.74) is 1.96. The van der Waals surface area contributed by atoms with Crippen LogP contribution in [0.2, 0.25) is 0 Å². The van der Waals surface area contributed by atoms with Gasteiger partial charge in [0.2, 0.25) is 6.79 Å². The number of benzene rings is 2. The lowest BCUT2D eigenvalue weighted by Gasteiger charge is -2.17. The third-order valence-corrected chi connectivity index (χ3v) is 5.22. The molecule has 142 valence electrons. The summed E-state index contributed by atoms with van der Waals surface area (Å²) in [6.07, 6.45) is 2.83. The number of hydrogen-bond acceptors (Lipinski definition) is 5. The van der Waals surface area contributed by atoms with Crippen LogP contribution < -0.4 is 20.3 Å². The van der Waals surface area contributed by atoms with Crippen molar-refractivity contribution >= 4 is 16.8 Å². The summed E-state index contributed by atoms with van der Waals surface area (Å²) in [4.78, 5) is 29.9. The molecule has 1 amide bonds. The second kappa shape index (κ2) is 6.67. The Morgan fingerprint density at radius 2 is 2.00 bits per heavy atom. The minimum atomic E-state index is -0.209. The monoisotopic (exact) mass is 377 g/mol.